The van der Waals surface area contributed by atoms with Crippen LogP contribution in [0.15, 0.2) is 30.3 Å². The number of likely N-dealkylation sites (tertiary alicyclic amines) is 1. The van der Waals surface area contributed by atoms with Crippen LogP contribution in [0.5, 0.6) is 0 Å². The van der Waals surface area contributed by atoms with Gasteiger partial charge in [-0.05, 0) is 63.2 Å². The van der Waals surface area contributed by atoms with Gasteiger partial charge in [0, 0.05) is 29.7 Å². The Labute approximate surface area is 150 Å². The number of aromatic nitrogens is 1. The molecule has 1 aromatic carbocycles. The first-order valence-corrected chi connectivity index (χ1v) is 9.69. The molecule has 134 valence electrons. The molecule has 2 aromatic rings. The van der Waals surface area contributed by atoms with E-state index in [1.54, 1.807) is 0 Å². The SMILES string of the molecule is Cc1cc2ccccc2n1CC(=O)NCC1(CN2CCCCC2)CC1. The molecule has 1 amide bonds. The van der Waals surface area contributed by atoms with Crippen LogP contribution in [0.2, 0.25) is 0 Å². The van der Waals surface area contributed by atoms with Gasteiger partial charge in [-0.2, -0.15) is 0 Å². The molecule has 2 aliphatic rings. The van der Waals surface area contributed by atoms with Gasteiger partial charge in [0.2, 0.25) is 5.91 Å². The number of benzene rings is 1. The molecule has 0 spiro atoms. The molecule has 1 saturated heterocycles. The molecule has 1 N–H and O–H groups in total. The largest absolute Gasteiger partial charge is 0.354 e. The van der Waals surface area contributed by atoms with Crippen molar-refractivity contribution in [3.05, 3.63) is 36.0 Å². The van der Waals surface area contributed by atoms with E-state index in [9.17, 15) is 4.79 Å². The lowest BCUT2D eigenvalue weighted by Crippen LogP contribution is -2.40. The molecule has 1 saturated carbocycles. The van der Waals surface area contributed by atoms with Gasteiger partial charge in [0.05, 0.1) is 0 Å². The minimum Gasteiger partial charge on any atom is -0.354 e. The lowest BCUT2D eigenvalue weighted by molar-refractivity contribution is -0.121. The first-order chi connectivity index (χ1) is 12.2. The Morgan fingerprint density at radius 1 is 1.16 bits per heavy atom. The predicted octanol–water partition coefficient (Wildman–Crippen LogP) is 3.33. The second-order valence-electron chi connectivity index (χ2n) is 8.04. The van der Waals surface area contributed by atoms with Gasteiger partial charge in [-0.25, -0.2) is 0 Å². The number of carbonyl (C=O) groups excluding carboxylic acids is 1. The van der Waals surface area contributed by atoms with Crippen LogP contribution >= 0.6 is 0 Å². The quantitative estimate of drug-likeness (QED) is 0.876. The molecule has 0 bridgehead atoms. The fourth-order valence-electron chi connectivity index (χ4n) is 4.20. The van der Waals surface area contributed by atoms with E-state index >= 15 is 0 Å². The number of amides is 1. The summed E-state index contributed by atoms with van der Waals surface area (Å²) in [6, 6.07) is 10.4. The number of nitrogens with zero attached hydrogens (tertiary/aromatic N) is 2. The topological polar surface area (TPSA) is 37.3 Å². The second-order valence-corrected chi connectivity index (χ2v) is 8.04. The van der Waals surface area contributed by atoms with Crippen molar-refractivity contribution < 1.29 is 4.79 Å². The number of carbonyl (C=O) groups is 1. The van der Waals surface area contributed by atoms with Crippen molar-refractivity contribution in [3.8, 4) is 0 Å². The highest BCUT2D eigenvalue weighted by atomic mass is 16.1. The lowest BCUT2D eigenvalue weighted by atomic mass is 10.0. The zero-order valence-electron chi connectivity index (χ0n) is 15.3. The number of aryl methyl sites for hydroxylation is 1. The first-order valence-electron chi connectivity index (χ1n) is 9.69. The molecule has 4 heteroatoms. The third-order valence-electron chi connectivity index (χ3n) is 5.94. The number of piperidine rings is 1. The van der Waals surface area contributed by atoms with Gasteiger partial charge in [0.15, 0.2) is 0 Å². The summed E-state index contributed by atoms with van der Waals surface area (Å²) < 4.78 is 2.12. The van der Waals surface area contributed by atoms with Crippen molar-refractivity contribution >= 4 is 16.8 Å². The maximum absolute atomic E-state index is 12.5. The molecule has 0 atom stereocenters. The molecule has 1 aromatic heterocycles. The van der Waals surface area contributed by atoms with E-state index in [-0.39, 0.29) is 5.91 Å². The molecular formula is C21H29N3O. The Balaban J connectivity index is 1.34. The standard InChI is InChI=1S/C21H29N3O/c1-17-13-18-7-3-4-8-19(18)24(17)14-20(25)22-15-21(9-10-21)16-23-11-5-2-6-12-23/h3-4,7-8,13H,2,5-6,9-12,14-16H2,1H3,(H,22,25). The van der Waals surface area contributed by atoms with Crippen molar-refractivity contribution in [2.24, 2.45) is 5.41 Å². The fourth-order valence-corrected chi connectivity index (χ4v) is 4.20. The van der Waals surface area contributed by atoms with Crippen LogP contribution in [0, 0.1) is 12.3 Å². The van der Waals surface area contributed by atoms with Crippen molar-refractivity contribution in [2.45, 2.75) is 45.6 Å². The van der Waals surface area contributed by atoms with Crippen LogP contribution < -0.4 is 5.32 Å². The molecule has 4 nitrogen and oxygen atoms in total. The zero-order chi connectivity index (χ0) is 17.3. The maximum atomic E-state index is 12.5. The summed E-state index contributed by atoms with van der Waals surface area (Å²) >= 11 is 0. The highest BCUT2D eigenvalue weighted by molar-refractivity contribution is 5.84. The molecular weight excluding hydrogens is 310 g/mol. The third-order valence-corrected chi connectivity index (χ3v) is 5.94. The van der Waals surface area contributed by atoms with Crippen molar-refractivity contribution in [1.82, 2.24) is 14.8 Å². The number of nitrogens with one attached hydrogen (secondary N) is 1. The maximum Gasteiger partial charge on any atom is 0.239 e. The number of hydrogen-bond acceptors (Lipinski definition) is 2. The van der Waals surface area contributed by atoms with Crippen molar-refractivity contribution in [1.29, 1.82) is 0 Å². The minimum absolute atomic E-state index is 0.134. The Morgan fingerprint density at radius 2 is 1.92 bits per heavy atom. The van der Waals surface area contributed by atoms with E-state index < -0.39 is 0 Å². The molecule has 25 heavy (non-hydrogen) atoms. The van der Waals surface area contributed by atoms with E-state index in [0.29, 0.717) is 12.0 Å². The summed E-state index contributed by atoms with van der Waals surface area (Å²) in [6.45, 7) is 6.97. The molecule has 0 radical (unpaired) electrons. The van der Waals surface area contributed by atoms with E-state index in [2.05, 4.69) is 39.9 Å². The normalized spacial score (nSPS) is 19.9. The van der Waals surface area contributed by atoms with Crippen molar-refractivity contribution in [3.63, 3.8) is 0 Å². The van der Waals surface area contributed by atoms with Gasteiger partial charge >= 0.3 is 0 Å². The van der Waals surface area contributed by atoms with Crippen LogP contribution in [-0.4, -0.2) is 41.6 Å². The van der Waals surface area contributed by atoms with Crippen LogP contribution in [0.1, 0.15) is 37.8 Å². The van der Waals surface area contributed by atoms with E-state index in [0.717, 1.165) is 17.8 Å². The van der Waals surface area contributed by atoms with Gasteiger partial charge in [-0.15, -0.1) is 0 Å². The van der Waals surface area contributed by atoms with Gasteiger partial charge in [0.25, 0.3) is 0 Å². The predicted molar refractivity (Wildman–Crippen MR) is 102 cm³/mol. The molecule has 0 unspecified atom stereocenters. The Kier molecular flexibility index (Phi) is 4.55. The van der Waals surface area contributed by atoms with E-state index in [1.165, 1.54) is 57.1 Å². The molecule has 1 aliphatic carbocycles. The summed E-state index contributed by atoms with van der Waals surface area (Å²) in [5.41, 5.74) is 2.64. The van der Waals surface area contributed by atoms with Crippen LogP contribution in [0.4, 0.5) is 0 Å². The van der Waals surface area contributed by atoms with Crippen LogP contribution in [0.3, 0.4) is 0 Å². The van der Waals surface area contributed by atoms with Crippen LogP contribution in [-0.2, 0) is 11.3 Å². The van der Waals surface area contributed by atoms with Crippen LogP contribution in [0.25, 0.3) is 10.9 Å². The Hall–Kier alpha value is -1.81. The van der Waals surface area contributed by atoms with Gasteiger partial charge < -0.3 is 14.8 Å². The lowest BCUT2D eigenvalue weighted by Gasteiger charge is -2.30. The molecule has 2 fully saturated rings. The number of para-hydroxylation sites is 1. The number of fused-ring (bicyclic) bond motifs is 1. The first kappa shape index (κ1) is 16.6. The van der Waals surface area contributed by atoms with Gasteiger partial charge in [-0.3, -0.25) is 4.79 Å². The number of rotatable bonds is 6. The Bertz CT molecular complexity index is 754. The van der Waals surface area contributed by atoms with E-state index in [4.69, 9.17) is 0 Å². The second kappa shape index (κ2) is 6.83. The summed E-state index contributed by atoms with van der Waals surface area (Å²) in [7, 11) is 0. The van der Waals surface area contributed by atoms with Gasteiger partial charge in [0.1, 0.15) is 6.54 Å². The summed E-state index contributed by atoms with van der Waals surface area (Å²) in [5.74, 6) is 0.134. The fraction of sp³-hybridized carbons (Fsp3) is 0.571. The van der Waals surface area contributed by atoms with Gasteiger partial charge in [-0.1, -0.05) is 24.6 Å². The van der Waals surface area contributed by atoms with Crippen molar-refractivity contribution in [2.75, 3.05) is 26.2 Å². The summed E-state index contributed by atoms with van der Waals surface area (Å²) in [6.07, 6.45) is 6.57. The molecule has 4 rings (SSSR count). The smallest absolute Gasteiger partial charge is 0.239 e. The monoisotopic (exact) mass is 339 g/mol. The molecule has 2 heterocycles. The number of hydrogen-bond donors (Lipinski definition) is 1. The zero-order valence-corrected chi connectivity index (χ0v) is 15.3. The minimum atomic E-state index is 0.134. The Morgan fingerprint density at radius 3 is 2.68 bits per heavy atom. The summed E-state index contributed by atoms with van der Waals surface area (Å²) in [5, 5.41) is 4.42. The molecule has 1 aliphatic heterocycles. The third kappa shape index (κ3) is 3.74. The average molecular weight is 339 g/mol. The highest BCUT2D eigenvalue weighted by Gasteiger charge is 2.44. The highest BCUT2D eigenvalue weighted by Crippen LogP contribution is 2.46. The van der Waals surface area contributed by atoms with E-state index in [1.807, 2.05) is 12.1 Å². The summed E-state index contributed by atoms with van der Waals surface area (Å²) in [4.78, 5) is 15.1. The average Bonchev–Trinajstić information content (AvgIpc) is 3.32.